The summed E-state index contributed by atoms with van der Waals surface area (Å²) in [6.07, 6.45) is 7.04. The van der Waals surface area contributed by atoms with Gasteiger partial charge < -0.3 is 10.1 Å². The number of hydrogen-bond acceptors (Lipinski definition) is 2. The van der Waals surface area contributed by atoms with Crippen LogP contribution in [-0.2, 0) is 4.74 Å². The number of hydrogen-bond donors (Lipinski definition) is 1. The predicted molar refractivity (Wildman–Crippen MR) is 69.7 cm³/mol. The minimum Gasteiger partial charge on any atom is -0.378 e. The van der Waals surface area contributed by atoms with Crippen LogP contribution < -0.4 is 5.32 Å². The van der Waals surface area contributed by atoms with Gasteiger partial charge in [0.1, 0.15) is 0 Å². The Morgan fingerprint density at radius 1 is 1.25 bits per heavy atom. The van der Waals surface area contributed by atoms with Crippen LogP contribution in [0, 0.1) is 11.8 Å². The first kappa shape index (κ1) is 14.0. The van der Waals surface area contributed by atoms with Gasteiger partial charge in [0.25, 0.3) is 0 Å². The van der Waals surface area contributed by atoms with Crippen LogP contribution in [0.4, 0.5) is 0 Å². The van der Waals surface area contributed by atoms with Crippen molar-refractivity contribution in [3.8, 4) is 0 Å². The average Bonchev–Trinajstić information content (AvgIpc) is 2.74. The maximum Gasteiger partial charge on any atom is 0.0576 e. The van der Waals surface area contributed by atoms with Gasteiger partial charge in [-0.15, -0.1) is 0 Å². The van der Waals surface area contributed by atoms with Crippen molar-refractivity contribution in [2.45, 2.75) is 59.0 Å². The Morgan fingerprint density at radius 3 is 2.69 bits per heavy atom. The van der Waals surface area contributed by atoms with Gasteiger partial charge in [0.15, 0.2) is 0 Å². The fourth-order valence-corrected chi connectivity index (χ4v) is 2.23. The van der Waals surface area contributed by atoms with Gasteiger partial charge in [-0.25, -0.2) is 0 Å². The summed E-state index contributed by atoms with van der Waals surface area (Å²) in [5.74, 6) is 1.60. The van der Waals surface area contributed by atoms with Crippen molar-refractivity contribution >= 4 is 0 Å². The molecule has 0 spiro atoms. The summed E-state index contributed by atoms with van der Waals surface area (Å²) in [4.78, 5) is 0. The lowest BCUT2D eigenvalue weighted by atomic mass is 9.98. The Labute approximate surface area is 101 Å². The molecule has 1 fully saturated rings. The normalized spacial score (nSPS) is 22.9. The van der Waals surface area contributed by atoms with Crippen molar-refractivity contribution in [2.75, 3.05) is 19.7 Å². The largest absolute Gasteiger partial charge is 0.378 e. The van der Waals surface area contributed by atoms with Crippen molar-refractivity contribution in [1.29, 1.82) is 0 Å². The molecular weight excluding hydrogens is 198 g/mol. The monoisotopic (exact) mass is 227 g/mol. The third-order valence-electron chi connectivity index (χ3n) is 3.37. The Morgan fingerprint density at radius 2 is 2.06 bits per heavy atom. The minimum absolute atomic E-state index is 0.575. The van der Waals surface area contributed by atoms with Gasteiger partial charge in [-0.2, -0.15) is 0 Å². The van der Waals surface area contributed by atoms with Gasteiger partial charge in [0, 0.05) is 6.61 Å². The SMILES string of the molecule is CC(C)CNCCC(C)CCC1CCCO1. The van der Waals surface area contributed by atoms with Gasteiger partial charge in [-0.05, 0) is 57.0 Å². The van der Waals surface area contributed by atoms with Crippen molar-refractivity contribution in [3.63, 3.8) is 0 Å². The molecule has 0 saturated carbocycles. The highest BCUT2D eigenvalue weighted by Crippen LogP contribution is 2.20. The zero-order chi connectivity index (χ0) is 11.8. The van der Waals surface area contributed by atoms with Gasteiger partial charge >= 0.3 is 0 Å². The van der Waals surface area contributed by atoms with Crippen LogP contribution in [0.15, 0.2) is 0 Å². The number of nitrogens with one attached hydrogen (secondary N) is 1. The molecule has 1 N–H and O–H groups in total. The van der Waals surface area contributed by atoms with Gasteiger partial charge in [0.2, 0.25) is 0 Å². The zero-order valence-electron chi connectivity index (χ0n) is 11.3. The topological polar surface area (TPSA) is 21.3 Å². The molecule has 1 aliphatic rings. The summed E-state index contributed by atoms with van der Waals surface area (Å²) in [5, 5.41) is 3.51. The standard InChI is InChI=1S/C14H29NO/c1-12(2)11-15-9-8-13(3)6-7-14-5-4-10-16-14/h12-15H,4-11H2,1-3H3. The van der Waals surface area contributed by atoms with E-state index >= 15 is 0 Å². The average molecular weight is 227 g/mol. The molecule has 16 heavy (non-hydrogen) atoms. The van der Waals surface area contributed by atoms with Crippen molar-refractivity contribution in [3.05, 3.63) is 0 Å². The summed E-state index contributed by atoms with van der Waals surface area (Å²) >= 11 is 0. The molecule has 96 valence electrons. The third-order valence-corrected chi connectivity index (χ3v) is 3.37. The summed E-state index contributed by atoms with van der Waals surface area (Å²) in [5.41, 5.74) is 0. The molecule has 0 aromatic rings. The molecular formula is C14H29NO. The van der Waals surface area contributed by atoms with E-state index < -0.39 is 0 Å². The van der Waals surface area contributed by atoms with E-state index in [1.807, 2.05) is 0 Å². The van der Waals surface area contributed by atoms with Gasteiger partial charge in [-0.1, -0.05) is 20.8 Å². The first-order valence-corrected chi connectivity index (χ1v) is 7.00. The van der Waals surface area contributed by atoms with Gasteiger partial charge in [0.05, 0.1) is 6.10 Å². The van der Waals surface area contributed by atoms with E-state index in [9.17, 15) is 0 Å². The van der Waals surface area contributed by atoms with E-state index in [0.717, 1.165) is 25.0 Å². The summed E-state index contributed by atoms with van der Waals surface area (Å²) in [6, 6.07) is 0. The van der Waals surface area contributed by atoms with Crippen molar-refractivity contribution in [2.24, 2.45) is 11.8 Å². The second-order valence-electron chi connectivity index (χ2n) is 5.70. The molecule has 0 aliphatic carbocycles. The van der Waals surface area contributed by atoms with Crippen molar-refractivity contribution in [1.82, 2.24) is 5.32 Å². The summed E-state index contributed by atoms with van der Waals surface area (Å²) in [6.45, 7) is 10.2. The van der Waals surface area contributed by atoms with Crippen LogP contribution in [0.25, 0.3) is 0 Å². The summed E-state index contributed by atoms with van der Waals surface area (Å²) in [7, 11) is 0. The molecule has 0 radical (unpaired) electrons. The number of rotatable bonds is 8. The van der Waals surface area contributed by atoms with E-state index in [1.165, 1.54) is 38.6 Å². The maximum absolute atomic E-state index is 5.64. The van der Waals surface area contributed by atoms with E-state index in [0.29, 0.717) is 6.10 Å². The van der Waals surface area contributed by atoms with E-state index in [-0.39, 0.29) is 0 Å². The van der Waals surface area contributed by atoms with Crippen LogP contribution in [0.1, 0.15) is 52.9 Å². The molecule has 2 heteroatoms. The van der Waals surface area contributed by atoms with Crippen LogP contribution >= 0.6 is 0 Å². The van der Waals surface area contributed by atoms with E-state index in [4.69, 9.17) is 4.74 Å². The highest BCUT2D eigenvalue weighted by atomic mass is 16.5. The van der Waals surface area contributed by atoms with E-state index in [1.54, 1.807) is 0 Å². The molecule has 2 atom stereocenters. The summed E-state index contributed by atoms with van der Waals surface area (Å²) < 4.78 is 5.64. The molecule has 0 bridgehead atoms. The lowest BCUT2D eigenvalue weighted by molar-refractivity contribution is 0.0983. The van der Waals surface area contributed by atoms with Crippen LogP contribution in [-0.4, -0.2) is 25.8 Å². The lowest BCUT2D eigenvalue weighted by Crippen LogP contribution is -2.22. The van der Waals surface area contributed by atoms with Crippen LogP contribution in [0.5, 0.6) is 0 Å². The quantitative estimate of drug-likeness (QED) is 0.643. The second kappa shape index (κ2) is 8.08. The first-order chi connectivity index (χ1) is 7.68. The Kier molecular flexibility index (Phi) is 7.06. The smallest absolute Gasteiger partial charge is 0.0576 e. The van der Waals surface area contributed by atoms with Gasteiger partial charge in [-0.3, -0.25) is 0 Å². The van der Waals surface area contributed by atoms with Crippen LogP contribution in [0.2, 0.25) is 0 Å². The maximum atomic E-state index is 5.64. The highest BCUT2D eigenvalue weighted by Gasteiger charge is 2.16. The minimum atomic E-state index is 0.575. The fourth-order valence-electron chi connectivity index (χ4n) is 2.23. The molecule has 1 heterocycles. The molecule has 0 amide bonds. The fraction of sp³-hybridized carbons (Fsp3) is 1.00. The van der Waals surface area contributed by atoms with Crippen LogP contribution in [0.3, 0.4) is 0 Å². The molecule has 1 saturated heterocycles. The molecule has 0 aromatic carbocycles. The Bertz CT molecular complexity index is 164. The third kappa shape index (κ3) is 6.49. The molecule has 2 nitrogen and oxygen atoms in total. The lowest BCUT2D eigenvalue weighted by Gasteiger charge is -2.15. The predicted octanol–water partition coefficient (Wildman–Crippen LogP) is 3.22. The Balaban J connectivity index is 1.91. The molecule has 2 unspecified atom stereocenters. The first-order valence-electron chi connectivity index (χ1n) is 7.00. The molecule has 1 rings (SSSR count). The number of ether oxygens (including phenoxy) is 1. The van der Waals surface area contributed by atoms with Crippen molar-refractivity contribution < 1.29 is 4.74 Å². The molecule has 1 aliphatic heterocycles. The zero-order valence-corrected chi connectivity index (χ0v) is 11.3. The second-order valence-corrected chi connectivity index (χ2v) is 5.70. The Hall–Kier alpha value is -0.0800. The molecule has 0 aromatic heterocycles. The highest BCUT2D eigenvalue weighted by molar-refractivity contribution is 4.67. The van der Waals surface area contributed by atoms with E-state index in [2.05, 4.69) is 26.1 Å².